The van der Waals surface area contributed by atoms with Crippen molar-refractivity contribution >= 4 is 18.3 Å². The molecular weight excluding hydrogens is 264 g/mol. The summed E-state index contributed by atoms with van der Waals surface area (Å²) in [7, 11) is 1.72. The third-order valence-electron chi connectivity index (χ3n) is 2.94. The SMILES string of the molecule is CN(CCCCc1ccccc1)C(=O)C(N)CO.Cl. The highest BCUT2D eigenvalue weighted by Crippen LogP contribution is 2.05. The average Bonchev–Trinajstić information content (AvgIpc) is 2.42. The van der Waals surface area contributed by atoms with Gasteiger partial charge in [-0.3, -0.25) is 4.79 Å². The van der Waals surface area contributed by atoms with Crippen molar-refractivity contribution in [3.63, 3.8) is 0 Å². The number of halogens is 1. The third kappa shape index (κ3) is 6.57. The second-order valence-electron chi connectivity index (χ2n) is 4.49. The van der Waals surface area contributed by atoms with Crippen molar-refractivity contribution in [3.8, 4) is 0 Å². The Morgan fingerprint density at radius 3 is 2.53 bits per heavy atom. The maximum atomic E-state index is 11.6. The van der Waals surface area contributed by atoms with E-state index in [1.807, 2.05) is 18.2 Å². The van der Waals surface area contributed by atoms with Crippen molar-refractivity contribution in [1.82, 2.24) is 4.90 Å². The lowest BCUT2D eigenvalue weighted by molar-refractivity contribution is -0.132. The molecule has 0 aromatic heterocycles. The predicted molar refractivity (Wildman–Crippen MR) is 79.3 cm³/mol. The van der Waals surface area contributed by atoms with Gasteiger partial charge in [-0.2, -0.15) is 0 Å². The molecule has 19 heavy (non-hydrogen) atoms. The van der Waals surface area contributed by atoms with Crippen LogP contribution in [-0.2, 0) is 11.2 Å². The topological polar surface area (TPSA) is 66.6 Å². The summed E-state index contributed by atoms with van der Waals surface area (Å²) < 4.78 is 0. The van der Waals surface area contributed by atoms with Gasteiger partial charge in [-0.25, -0.2) is 0 Å². The molecule has 1 aromatic rings. The van der Waals surface area contributed by atoms with E-state index in [1.54, 1.807) is 11.9 Å². The van der Waals surface area contributed by atoms with Gasteiger partial charge < -0.3 is 15.7 Å². The molecule has 1 aromatic carbocycles. The van der Waals surface area contributed by atoms with Gasteiger partial charge >= 0.3 is 0 Å². The third-order valence-corrected chi connectivity index (χ3v) is 2.94. The quantitative estimate of drug-likeness (QED) is 0.741. The summed E-state index contributed by atoms with van der Waals surface area (Å²) in [5.74, 6) is -0.197. The summed E-state index contributed by atoms with van der Waals surface area (Å²) in [5.41, 5.74) is 6.79. The number of nitrogens with zero attached hydrogens (tertiary/aromatic N) is 1. The summed E-state index contributed by atoms with van der Waals surface area (Å²) in [6.07, 6.45) is 3.00. The van der Waals surface area contributed by atoms with Crippen LogP contribution in [-0.4, -0.2) is 42.2 Å². The van der Waals surface area contributed by atoms with E-state index >= 15 is 0 Å². The molecule has 1 unspecified atom stereocenters. The van der Waals surface area contributed by atoms with Gasteiger partial charge in [-0.1, -0.05) is 30.3 Å². The number of amides is 1. The molecule has 1 atom stereocenters. The number of aryl methyl sites for hydroxylation is 1. The van der Waals surface area contributed by atoms with Crippen LogP contribution in [0.2, 0.25) is 0 Å². The molecule has 5 heteroatoms. The van der Waals surface area contributed by atoms with Gasteiger partial charge in [-0.15, -0.1) is 12.4 Å². The Hall–Kier alpha value is -1.10. The monoisotopic (exact) mass is 286 g/mol. The van der Waals surface area contributed by atoms with Crippen molar-refractivity contribution in [2.75, 3.05) is 20.2 Å². The molecule has 4 nitrogen and oxygen atoms in total. The number of rotatable bonds is 7. The van der Waals surface area contributed by atoms with Gasteiger partial charge in [0.05, 0.1) is 6.61 Å². The van der Waals surface area contributed by atoms with Crippen molar-refractivity contribution in [2.45, 2.75) is 25.3 Å². The van der Waals surface area contributed by atoms with Gasteiger partial charge in [0, 0.05) is 13.6 Å². The summed E-state index contributed by atoms with van der Waals surface area (Å²) in [5, 5.41) is 8.80. The first-order chi connectivity index (χ1) is 8.65. The van der Waals surface area contributed by atoms with Crippen LogP contribution >= 0.6 is 12.4 Å². The molecule has 1 rings (SSSR count). The number of carbonyl (C=O) groups is 1. The summed E-state index contributed by atoms with van der Waals surface area (Å²) in [6, 6.07) is 9.50. The van der Waals surface area contributed by atoms with Crippen LogP contribution in [0.1, 0.15) is 18.4 Å². The number of aliphatic hydroxyl groups is 1. The van der Waals surface area contributed by atoms with Gasteiger partial charge in [0.1, 0.15) is 6.04 Å². The lowest BCUT2D eigenvalue weighted by atomic mass is 10.1. The van der Waals surface area contributed by atoms with E-state index in [1.165, 1.54) is 5.56 Å². The lowest BCUT2D eigenvalue weighted by Gasteiger charge is -2.20. The predicted octanol–water partition coefficient (Wildman–Crippen LogP) is 1.21. The molecule has 0 heterocycles. The minimum absolute atomic E-state index is 0. The minimum Gasteiger partial charge on any atom is -0.394 e. The van der Waals surface area contributed by atoms with Crippen molar-refractivity contribution in [3.05, 3.63) is 35.9 Å². The van der Waals surface area contributed by atoms with Crippen LogP contribution in [0, 0.1) is 0 Å². The smallest absolute Gasteiger partial charge is 0.241 e. The number of nitrogens with two attached hydrogens (primary N) is 1. The van der Waals surface area contributed by atoms with Crippen LogP contribution in [0.4, 0.5) is 0 Å². The second kappa shape index (κ2) is 9.78. The zero-order chi connectivity index (χ0) is 13.4. The van der Waals surface area contributed by atoms with E-state index in [2.05, 4.69) is 12.1 Å². The number of unbranched alkanes of at least 4 members (excludes halogenated alkanes) is 1. The standard InChI is InChI=1S/C14H22N2O2.ClH/c1-16(14(18)13(15)11-17)10-6-5-9-12-7-3-2-4-8-12;/h2-4,7-8,13,17H,5-6,9-11,15H2,1H3;1H. The highest BCUT2D eigenvalue weighted by Gasteiger charge is 2.16. The van der Waals surface area contributed by atoms with Crippen LogP contribution in [0.15, 0.2) is 30.3 Å². The van der Waals surface area contributed by atoms with Crippen molar-refractivity contribution in [2.24, 2.45) is 5.73 Å². The van der Waals surface area contributed by atoms with Crippen LogP contribution in [0.5, 0.6) is 0 Å². The molecule has 0 aliphatic carbocycles. The van der Waals surface area contributed by atoms with Gasteiger partial charge in [-0.05, 0) is 24.8 Å². The summed E-state index contributed by atoms with van der Waals surface area (Å²) in [4.78, 5) is 13.2. The Morgan fingerprint density at radius 1 is 1.32 bits per heavy atom. The van der Waals surface area contributed by atoms with Crippen LogP contribution < -0.4 is 5.73 Å². The zero-order valence-electron chi connectivity index (χ0n) is 11.3. The summed E-state index contributed by atoms with van der Waals surface area (Å²) in [6.45, 7) is 0.382. The van der Waals surface area contributed by atoms with E-state index in [9.17, 15) is 4.79 Å². The van der Waals surface area contributed by atoms with Gasteiger partial charge in [0.15, 0.2) is 0 Å². The van der Waals surface area contributed by atoms with E-state index in [4.69, 9.17) is 10.8 Å². The largest absolute Gasteiger partial charge is 0.394 e. The molecule has 3 N–H and O–H groups in total. The Labute approximate surface area is 121 Å². The highest BCUT2D eigenvalue weighted by molar-refractivity contribution is 5.85. The number of likely N-dealkylation sites (N-methyl/N-ethyl adjacent to an activating group) is 1. The Morgan fingerprint density at radius 2 is 1.95 bits per heavy atom. The number of hydrogen-bond donors (Lipinski definition) is 2. The van der Waals surface area contributed by atoms with Crippen molar-refractivity contribution < 1.29 is 9.90 Å². The lowest BCUT2D eigenvalue weighted by Crippen LogP contribution is -2.44. The van der Waals surface area contributed by atoms with E-state index in [0.29, 0.717) is 6.54 Å². The molecule has 108 valence electrons. The normalized spacial score (nSPS) is 11.5. The number of benzene rings is 1. The first kappa shape index (κ1) is 17.9. The fourth-order valence-corrected chi connectivity index (χ4v) is 1.79. The van der Waals surface area contributed by atoms with Crippen LogP contribution in [0.3, 0.4) is 0 Å². The van der Waals surface area contributed by atoms with E-state index in [-0.39, 0.29) is 24.9 Å². The average molecular weight is 287 g/mol. The maximum Gasteiger partial charge on any atom is 0.241 e. The number of carbonyl (C=O) groups excluding carboxylic acids is 1. The molecule has 0 fully saturated rings. The Kier molecular flexibility index (Phi) is 9.21. The van der Waals surface area contributed by atoms with Crippen molar-refractivity contribution in [1.29, 1.82) is 0 Å². The van der Waals surface area contributed by atoms with Gasteiger partial charge in [0.25, 0.3) is 0 Å². The fraction of sp³-hybridized carbons (Fsp3) is 0.500. The number of hydrogen-bond acceptors (Lipinski definition) is 3. The first-order valence-electron chi connectivity index (χ1n) is 6.30. The molecule has 0 radical (unpaired) electrons. The molecule has 0 saturated carbocycles. The van der Waals surface area contributed by atoms with E-state index in [0.717, 1.165) is 19.3 Å². The van der Waals surface area contributed by atoms with E-state index < -0.39 is 6.04 Å². The second-order valence-corrected chi connectivity index (χ2v) is 4.49. The number of aliphatic hydroxyl groups excluding tert-OH is 1. The molecule has 0 aliphatic rings. The molecular formula is C14H23ClN2O2. The molecule has 1 amide bonds. The Balaban J connectivity index is 0.00000324. The van der Waals surface area contributed by atoms with Crippen LogP contribution in [0.25, 0.3) is 0 Å². The molecule has 0 aliphatic heterocycles. The minimum atomic E-state index is -0.788. The molecule has 0 spiro atoms. The van der Waals surface area contributed by atoms with Gasteiger partial charge in [0.2, 0.25) is 5.91 Å². The molecule has 0 bridgehead atoms. The first-order valence-corrected chi connectivity index (χ1v) is 6.30. The molecule has 0 saturated heterocycles. The fourth-order valence-electron chi connectivity index (χ4n) is 1.79. The summed E-state index contributed by atoms with van der Waals surface area (Å²) >= 11 is 0. The zero-order valence-corrected chi connectivity index (χ0v) is 12.1. The Bertz CT molecular complexity index is 360. The highest BCUT2D eigenvalue weighted by atomic mass is 35.5. The maximum absolute atomic E-state index is 11.6.